The van der Waals surface area contributed by atoms with E-state index in [0.29, 0.717) is 38.5 Å². The molecule has 3 aliphatic heterocycles. The summed E-state index contributed by atoms with van der Waals surface area (Å²) >= 11 is 0. The fraction of sp³-hybridized carbons (Fsp3) is 0.977. The van der Waals surface area contributed by atoms with Crippen LogP contribution in [-0.4, -0.2) is 193 Å². The minimum Gasteiger partial charge on any atom is -0.467 e. The van der Waals surface area contributed by atoms with E-state index in [4.69, 9.17) is 28.4 Å². The molecule has 3 aliphatic rings. The quantitative estimate of drug-likeness (QED) is 0.0327. The van der Waals surface area contributed by atoms with Gasteiger partial charge in [0.15, 0.2) is 25.0 Å². The van der Waals surface area contributed by atoms with Crippen LogP contribution in [0.15, 0.2) is 0 Å². The number of aliphatic hydroxyl groups is 11. The summed E-state index contributed by atoms with van der Waals surface area (Å²) in [5.74, 6) is -0.571. The van der Waals surface area contributed by atoms with E-state index >= 15 is 0 Å². The molecular weight excluding hydrogens is 820 g/mol. The van der Waals surface area contributed by atoms with Crippen molar-refractivity contribution in [2.45, 2.75) is 240 Å². The monoisotopic (exact) mass is 901 g/mol. The van der Waals surface area contributed by atoms with Crippen molar-refractivity contribution < 1.29 is 94.1 Å². The van der Waals surface area contributed by atoms with Gasteiger partial charge in [-0.2, -0.15) is 0 Å². The van der Waals surface area contributed by atoms with E-state index in [1.807, 2.05) is 6.92 Å². The Kier molecular flexibility index (Phi) is 26.8. The number of hydrogen-bond donors (Lipinski definition) is 11. The number of ether oxygens (including phenoxy) is 7. The maximum atomic E-state index is 11.2. The Morgan fingerprint density at radius 2 is 1.03 bits per heavy atom. The van der Waals surface area contributed by atoms with Crippen molar-refractivity contribution in [2.24, 2.45) is 0 Å². The highest BCUT2D eigenvalue weighted by atomic mass is 16.8. The maximum absolute atomic E-state index is 11.2. The molecule has 3 saturated heterocycles. The van der Waals surface area contributed by atoms with E-state index in [9.17, 15) is 61.0 Å². The molecule has 3 heterocycles. The summed E-state index contributed by atoms with van der Waals surface area (Å²) in [7, 11) is 1.28. The van der Waals surface area contributed by atoms with Crippen LogP contribution in [0.25, 0.3) is 0 Å². The van der Waals surface area contributed by atoms with Crippen molar-refractivity contribution in [3.63, 3.8) is 0 Å². The number of rotatable bonds is 31. The Morgan fingerprint density at radius 1 is 0.565 bits per heavy atom. The first-order chi connectivity index (χ1) is 29.7. The minimum atomic E-state index is -1.84. The van der Waals surface area contributed by atoms with Gasteiger partial charge in [0.25, 0.3) is 0 Å². The third-order valence-electron chi connectivity index (χ3n) is 12.2. The van der Waals surface area contributed by atoms with Crippen molar-refractivity contribution in [3.05, 3.63) is 0 Å². The number of carbonyl (C=O) groups excluding carboxylic acids is 1. The zero-order valence-electron chi connectivity index (χ0n) is 36.8. The molecule has 0 saturated carbocycles. The summed E-state index contributed by atoms with van der Waals surface area (Å²) in [5.41, 5.74) is 0. The number of aliphatic hydroxyl groups excluding tert-OH is 11. The zero-order valence-corrected chi connectivity index (χ0v) is 36.8. The number of esters is 1. The lowest BCUT2D eigenvalue weighted by molar-refractivity contribution is -0.380. The van der Waals surface area contributed by atoms with Gasteiger partial charge in [0.05, 0.1) is 45.2 Å². The molecule has 17 unspecified atom stereocenters. The summed E-state index contributed by atoms with van der Waals surface area (Å²) in [5, 5.41) is 115. The predicted molar refractivity (Wildman–Crippen MR) is 220 cm³/mol. The smallest absolute Gasteiger partial charge is 0.334 e. The number of hydrogen-bond acceptors (Lipinski definition) is 19. The predicted octanol–water partition coefficient (Wildman–Crippen LogP) is 0.176. The van der Waals surface area contributed by atoms with Gasteiger partial charge < -0.3 is 89.3 Å². The molecule has 0 amide bonds. The van der Waals surface area contributed by atoms with E-state index in [-0.39, 0.29) is 6.61 Å². The fourth-order valence-electron chi connectivity index (χ4n) is 8.10. The van der Waals surface area contributed by atoms with Gasteiger partial charge in [-0.3, -0.25) is 0 Å². The molecule has 0 radical (unpaired) electrons. The van der Waals surface area contributed by atoms with E-state index in [0.717, 1.165) is 70.6 Å². The SMILES string of the molecule is CCCCC(CCCC(O)C(O)CCCCCCCCCCCCCCC(O)C(=O)OC)OC1OCC(O)C(O)C1OC1OCC(O)C(O)C1OC1OC(CO)C(O)C(O)C1O. The van der Waals surface area contributed by atoms with Gasteiger partial charge in [-0.1, -0.05) is 96.8 Å². The van der Waals surface area contributed by atoms with Crippen molar-refractivity contribution in [1.29, 1.82) is 0 Å². The van der Waals surface area contributed by atoms with Crippen molar-refractivity contribution in [3.8, 4) is 0 Å². The molecule has 0 spiro atoms. The third-order valence-corrected chi connectivity index (χ3v) is 12.2. The van der Waals surface area contributed by atoms with Crippen molar-refractivity contribution in [1.82, 2.24) is 0 Å². The first-order valence-corrected chi connectivity index (χ1v) is 23.1. The first kappa shape index (κ1) is 55.1. The summed E-state index contributed by atoms with van der Waals surface area (Å²) in [6, 6.07) is 0. The molecule has 62 heavy (non-hydrogen) atoms. The molecule has 0 bridgehead atoms. The van der Waals surface area contributed by atoms with E-state index in [1.54, 1.807) is 0 Å². The third kappa shape index (κ3) is 18.2. The van der Waals surface area contributed by atoms with E-state index in [2.05, 4.69) is 4.74 Å². The molecule has 3 fully saturated rings. The standard InChI is InChI=1S/C43H80O19/c1-3-4-18-26(19-17-22-28(46)27(45)20-15-13-11-9-7-5-6-8-10-12-14-16-21-29(47)40(55)56-2)59-42-38(33(50)30(48)24-57-42)62-43-39(34(51)31(49)25-58-43)61-41-37(54)36(53)35(52)32(23-44)60-41/h26-39,41-54H,3-25H2,1-2H3. The maximum Gasteiger partial charge on any atom is 0.334 e. The van der Waals surface area contributed by atoms with E-state index < -0.39 is 124 Å². The summed E-state index contributed by atoms with van der Waals surface area (Å²) in [4.78, 5) is 11.2. The van der Waals surface area contributed by atoms with Gasteiger partial charge in [0.1, 0.15) is 61.0 Å². The number of unbranched alkanes of at least 4 members (excludes halogenated alkanes) is 12. The fourth-order valence-corrected chi connectivity index (χ4v) is 8.10. The average Bonchev–Trinajstić information content (AvgIpc) is 3.26. The van der Waals surface area contributed by atoms with Crippen LogP contribution in [0.3, 0.4) is 0 Å². The molecule has 19 heteroatoms. The number of carbonyl (C=O) groups is 1. The zero-order chi connectivity index (χ0) is 45.6. The summed E-state index contributed by atoms with van der Waals surface area (Å²) in [6.07, 6.45) is -6.25. The van der Waals surface area contributed by atoms with Gasteiger partial charge >= 0.3 is 5.97 Å². The van der Waals surface area contributed by atoms with Crippen LogP contribution in [0.5, 0.6) is 0 Å². The lowest BCUT2D eigenvalue weighted by Crippen LogP contribution is -2.64. The molecule has 17 atom stereocenters. The highest BCUT2D eigenvalue weighted by molar-refractivity contribution is 5.74. The molecule has 0 aliphatic carbocycles. The van der Waals surface area contributed by atoms with Crippen LogP contribution in [-0.2, 0) is 38.0 Å². The molecular formula is C43H80O19. The minimum absolute atomic E-state index is 0.287. The van der Waals surface area contributed by atoms with Crippen LogP contribution in [0, 0.1) is 0 Å². The van der Waals surface area contributed by atoms with Crippen LogP contribution in [0.1, 0.15) is 135 Å². The van der Waals surface area contributed by atoms with Gasteiger partial charge in [0, 0.05) is 0 Å². The lowest BCUT2D eigenvalue weighted by Gasteiger charge is -2.46. The van der Waals surface area contributed by atoms with Crippen LogP contribution >= 0.6 is 0 Å². The van der Waals surface area contributed by atoms with Gasteiger partial charge in [0.2, 0.25) is 0 Å². The molecule has 0 aromatic carbocycles. The molecule has 11 N–H and O–H groups in total. The second-order valence-electron chi connectivity index (χ2n) is 17.2. The van der Waals surface area contributed by atoms with Crippen molar-refractivity contribution in [2.75, 3.05) is 26.9 Å². The van der Waals surface area contributed by atoms with Crippen LogP contribution in [0.4, 0.5) is 0 Å². The summed E-state index contributed by atoms with van der Waals surface area (Å²) < 4.78 is 39.5. The highest BCUT2D eigenvalue weighted by Crippen LogP contribution is 2.32. The first-order valence-electron chi connectivity index (χ1n) is 23.1. The average molecular weight is 901 g/mol. The Labute approximate surface area is 366 Å². The largest absolute Gasteiger partial charge is 0.467 e. The molecule has 3 rings (SSSR count). The molecule has 366 valence electrons. The van der Waals surface area contributed by atoms with Gasteiger partial charge in [-0.15, -0.1) is 0 Å². The van der Waals surface area contributed by atoms with Crippen molar-refractivity contribution >= 4 is 5.97 Å². The topological polar surface area (TPSA) is 304 Å². The second kappa shape index (κ2) is 30.1. The Balaban J connectivity index is 1.41. The molecule has 0 aromatic rings. The number of methoxy groups -OCH3 is 1. The normalized spacial score (nSPS) is 33.8. The van der Waals surface area contributed by atoms with Gasteiger partial charge in [-0.25, -0.2) is 4.79 Å². The second-order valence-corrected chi connectivity index (χ2v) is 17.2. The van der Waals surface area contributed by atoms with Crippen LogP contribution < -0.4 is 0 Å². The molecule has 0 aromatic heterocycles. The Morgan fingerprint density at radius 3 is 1.56 bits per heavy atom. The van der Waals surface area contributed by atoms with Crippen LogP contribution in [0.2, 0.25) is 0 Å². The van der Waals surface area contributed by atoms with Gasteiger partial charge in [-0.05, 0) is 38.5 Å². The van der Waals surface area contributed by atoms with E-state index in [1.165, 1.54) is 26.4 Å². The summed E-state index contributed by atoms with van der Waals surface area (Å²) in [6.45, 7) is 0.574. The Hall–Kier alpha value is -1.21. The Bertz CT molecular complexity index is 1170. The highest BCUT2D eigenvalue weighted by Gasteiger charge is 2.51. The molecule has 19 nitrogen and oxygen atoms in total. The lowest BCUT2D eigenvalue weighted by atomic mass is 9.98.